The van der Waals surface area contributed by atoms with Crippen LogP contribution in [0, 0.1) is 0 Å². The molecule has 0 radical (unpaired) electrons. The number of hydrogen-bond donors (Lipinski definition) is 2. The predicted molar refractivity (Wildman–Crippen MR) is 82.7 cm³/mol. The van der Waals surface area contributed by atoms with Gasteiger partial charge in [-0.05, 0) is 31.0 Å². The van der Waals surface area contributed by atoms with E-state index in [-0.39, 0.29) is 11.9 Å². The minimum absolute atomic E-state index is 0.0828. The zero-order valence-corrected chi connectivity index (χ0v) is 12.7. The van der Waals surface area contributed by atoms with Gasteiger partial charge < -0.3 is 15.8 Å². The van der Waals surface area contributed by atoms with Crippen molar-refractivity contribution in [1.29, 1.82) is 0 Å². The average Bonchev–Trinajstić information content (AvgIpc) is 2.48. The van der Waals surface area contributed by atoms with E-state index in [1.165, 1.54) is 5.56 Å². The van der Waals surface area contributed by atoms with Gasteiger partial charge in [0.15, 0.2) is 0 Å². The lowest BCUT2D eigenvalue weighted by Crippen LogP contribution is -2.43. The fourth-order valence-electron chi connectivity index (χ4n) is 2.58. The summed E-state index contributed by atoms with van der Waals surface area (Å²) in [5.74, 6) is 0.0828. The molecule has 0 unspecified atom stereocenters. The lowest BCUT2D eigenvalue weighted by molar-refractivity contribution is -0.123. The first kappa shape index (κ1) is 15.9. The number of benzene rings is 1. The van der Waals surface area contributed by atoms with Crippen molar-refractivity contribution < 1.29 is 9.53 Å². The van der Waals surface area contributed by atoms with E-state index in [4.69, 9.17) is 10.5 Å². The second-order valence-corrected chi connectivity index (χ2v) is 5.65. The minimum atomic E-state index is 0.0828. The lowest BCUT2D eigenvalue weighted by atomic mass is 10.1. The maximum atomic E-state index is 12.0. The number of hydrogen-bond acceptors (Lipinski definition) is 4. The van der Waals surface area contributed by atoms with Crippen molar-refractivity contribution in [3.05, 3.63) is 35.4 Å². The third-order valence-corrected chi connectivity index (χ3v) is 3.68. The smallest absolute Gasteiger partial charge is 0.234 e. The van der Waals surface area contributed by atoms with E-state index < -0.39 is 0 Å². The van der Waals surface area contributed by atoms with Crippen LogP contribution in [0.2, 0.25) is 0 Å². The van der Waals surface area contributed by atoms with E-state index >= 15 is 0 Å². The van der Waals surface area contributed by atoms with Gasteiger partial charge in [0.05, 0.1) is 6.54 Å². The topological polar surface area (TPSA) is 67.6 Å². The quantitative estimate of drug-likeness (QED) is 0.816. The van der Waals surface area contributed by atoms with Crippen molar-refractivity contribution in [1.82, 2.24) is 10.2 Å². The molecule has 0 aliphatic carbocycles. The number of amides is 1. The molecular weight excluding hydrogens is 266 g/mol. The summed E-state index contributed by atoms with van der Waals surface area (Å²) in [6.45, 7) is 3.18. The van der Waals surface area contributed by atoms with Gasteiger partial charge >= 0.3 is 0 Å². The number of carbonyl (C=O) groups is 1. The molecule has 3 N–H and O–H groups in total. The number of nitrogens with zero attached hydrogens (tertiary/aromatic N) is 1. The molecule has 1 aromatic carbocycles. The Balaban J connectivity index is 1.77. The molecule has 1 aliphatic heterocycles. The highest BCUT2D eigenvalue weighted by Crippen LogP contribution is 2.08. The Morgan fingerprint density at radius 1 is 1.38 bits per heavy atom. The van der Waals surface area contributed by atoms with Crippen molar-refractivity contribution >= 4 is 5.91 Å². The van der Waals surface area contributed by atoms with Crippen LogP contribution >= 0.6 is 0 Å². The van der Waals surface area contributed by atoms with Gasteiger partial charge in [-0.1, -0.05) is 24.3 Å². The Morgan fingerprint density at radius 3 is 2.81 bits per heavy atom. The Bertz CT molecular complexity index is 459. The van der Waals surface area contributed by atoms with Crippen LogP contribution in [0.15, 0.2) is 24.3 Å². The third-order valence-electron chi connectivity index (χ3n) is 3.68. The molecule has 2 rings (SSSR count). The van der Waals surface area contributed by atoms with Crippen LogP contribution in [0.3, 0.4) is 0 Å². The highest BCUT2D eigenvalue weighted by Gasteiger charge is 2.16. The Morgan fingerprint density at radius 2 is 2.10 bits per heavy atom. The molecule has 1 heterocycles. The molecule has 1 amide bonds. The van der Waals surface area contributed by atoms with Gasteiger partial charge in [-0.3, -0.25) is 9.69 Å². The number of rotatable bonds is 6. The first-order valence-corrected chi connectivity index (χ1v) is 7.51. The molecule has 1 aromatic rings. The monoisotopic (exact) mass is 291 g/mol. The molecule has 0 aromatic heterocycles. The largest absolute Gasteiger partial charge is 0.381 e. The van der Waals surface area contributed by atoms with Gasteiger partial charge in [0.25, 0.3) is 0 Å². The van der Waals surface area contributed by atoms with Gasteiger partial charge in [0, 0.05) is 32.3 Å². The number of carbonyl (C=O) groups excluding carboxylic acids is 1. The predicted octanol–water partition coefficient (Wildman–Crippen LogP) is 0.872. The normalized spacial score (nSPS) is 16.1. The zero-order chi connectivity index (χ0) is 15.1. The lowest BCUT2D eigenvalue weighted by Gasteiger charge is -2.24. The van der Waals surface area contributed by atoms with Crippen LogP contribution in [-0.2, 0) is 22.6 Å². The van der Waals surface area contributed by atoms with Crippen LogP contribution in [-0.4, -0.2) is 43.7 Å². The Hall–Kier alpha value is -1.43. The molecular formula is C16H25N3O2. The van der Waals surface area contributed by atoms with E-state index in [2.05, 4.69) is 17.4 Å². The summed E-state index contributed by atoms with van der Waals surface area (Å²) < 4.78 is 5.29. The summed E-state index contributed by atoms with van der Waals surface area (Å²) >= 11 is 0. The van der Waals surface area contributed by atoms with Crippen molar-refractivity contribution in [2.45, 2.75) is 32.0 Å². The molecule has 5 heteroatoms. The van der Waals surface area contributed by atoms with Gasteiger partial charge in [0.1, 0.15) is 0 Å². The van der Waals surface area contributed by atoms with Crippen LogP contribution < -0.4 is 11.1 Å². The number of likely N-dealkylation sites (N-methyl/N-ethyl adjacent to an activating group) is 1. The van der Waals surface area contributed by atoms with E-state index in [1.807, 2.05) is 24.1 Å². The molecule has 116 valence electrons. The summed E-state index contributed by atoms with van der Waals surface area (Å²) in [4.78, 5) is 14.0. The van der Waals surface area contributed by atoms with E-state index in [0.717, 1.165) is 38.2 Å². The van der Waals surface area contributed by atoms with Crippen molar-refractivity contribution in [2.75, 3.05) is 26.8 Å². The summed E-state index contributed by atoms with van der Waals surface area (Å²) in [6, 6.07) is 8.44. The maximum Gasteiger partial charge on any atom is 0.234 e. The Kier molecular flexibility index (Phi) is 6.17. The molecule has 1 fully saturated rings. The van der Waals surface area contributed by atoms with Crippen molar-refractivity contribution in [3.63, 3.8) is 0 Å². The van der Waals surface area contributed by atoms with Gasteiger partial charge in [-0.2, -0.15) is 0 Å². The molecule has 5 nitrogen and oxygen atoms in total. The third kappa shape index (κ3) is 5.46. The first-order valence-electron chi connectivity index (χ1n) is 7.51. The van der Waals surface area contributed by atoms with Crippen LogP contribution in [0.5, 0.6) is 0 Å². The van der Waals surface area contributed by atoms with Crippen molar-refractivity contribution in [3.8, 4) is 0 Å². The van der Waals surface area contributed by atoms with Crippen molar-refractivity contribution in [2.24, 2.45) is 5.73 Å². The minimum Gasteiger partial charge on any atom is -0.381 e. The zero-order valence-electron chi connectivity index (χ0n) is 12.7. The first-order chi connectivity index (χ1) is 10.2. The molecule has 0 spiro atoms. The molecule has 1 saturated heterocycles. The van der Waals surface area contributed by atoms with Gasteiger partial charge in [-0.25, -0.2) is 0 Å². The van der Waals surface area contributed by atoms with Gasteiger partial charge in [0.2, 0.25) is 5.91 Å². The number of ether oxygens (including phenoxy) is 1. The number of nitrogens with one attached hydrogen (secondary N) is 1. The SMILES string of the molecule is CN(CC(=O)NC1CCOCC1)Cc1cccc(CN)c1. The fourth-order valence-corrected chi connectivity index (χ4v) is 2.58. The van der Waals surface area contributed by atoms with Crippen LogP contribution in [0.25, 0.3) is 0 Å². The molecule has 1 aliphatic rings. The summed E-state index contributed by atoms with van der Waals surface area (Å²) in [5, 5.41) is 3.08. The van der Waals surface area contributed by atoms with E-state index in [0.29, 0.717) is 13.1 Å². The molecule has 0 saturated carbocycles. The standard InChI is InChI=1S/C16H25N3O2/c1-19(11-14-4-2-3-13(9-14)10-17)12-16(20)18-15-5-7-21-8-6-15/h2-4,9,15H,5-8,10-12,17H2,1H3,(H,18,20). The maximum absolute atomic E-state index is 12.0. The van der Waals surface area contributed by atoms with E-state index in [9.17, 15) is 4.79 Å². The van der Waals surface area contributed by atoms with Gasteiger partial charge in [-0.15, -0.1) is 0 Å². The highest BCUT2D eigenvalue weighted by molar-refractivity contribution is 5.78. The van der Waals surface area contributed by atoms with Crippen LogP contribution in [0.4, 0.5) is 0 Å². The highest BCUT2D eigenvalue weighted by atomic mass is 16.5. The van der Waals surface area contributed by atoms with Crippen LogP contribution in [0.1, 0.15) is 24.0 Å². The number of nitrogens with two attached hydrogens (primary N) is 1. The molecule has 0 bridgehead atoms. The Labute approximate surface area is 126 Å². The second-order valence-electron chi connectivity index (χ2n) is 5.65. The molecule has 0 atom stereocenters. The summed E-state index contributed by atoms with van der Waals surface area (Å²) in [6.07, 6.45) is 1.82. The molecule has 21 heavy (non-hydrogen) atoms. The second kappa shape index (κ2) is 8.12. The van der Waals surface area contributed by atoms with E-state index in [1.54, 1.807) is 0 Å². The average molecular weight is 291 g/mol. The summed E-state index contributed by atoms with van der Waals surface area (Å²) in [5.41, 5.74) is 7.94. The summed E-state index contributed by atoms with van der Waals surface area (Å²) in [7, 11) is 1.96. The fraction of sp³-hybridized carbons (Fsp3) is 0.562.